The number of hydrogen-bond acceptors (Lipinski definition) is 3. The number of hydrogen-bond donors (Lipinski definition) is 1. The summed E-state index contributed by atoms with van der Waals surface area (Å²) in [6, 6.07) is 2.86. The van der Waals surface area contributed by atoms with Crippen LogP contribution in [0.3, 0.4) is 0 Å². The molecule has 1 N–H and O–H groups in total. The second kappa shape index (κ2) is 4.71. The van der Waals surface area contributed by atoms with Gasteiger partial charge in [0.15, 0.2) is 6.61 Å². The summed E-state index contributed by atoms with van der Waals surface area (Å²) in [6.45, 7) is -1.67. The lowest BCUT2D eigenvalue weighted by Gasteiger charge is -2.11. The Morgan fingerprint density at radius 1 is 1.35 bits per heavy atom. The summed E-state index contributed by atoms with van der Waals surface area (Å²) in [4.78, 5) is -0.811. The fourth-order valence-electron chi connectivity index (χ4n) is 0.962. The van der Waals surface area contributed by atoms with Gasteiger partial charge in [-0.25, -0.2) is 0 Å². The van der Waals surface area contributed by atoms with Gasteiger partial charge in [-0.1, -0.05) is 11.6 Å². The minimum absolute atomic E-state index is 0.0583. The molecule has 0 saturated carbocycles. The van der Waals surface area contributed by atoms with Gasteiger partial charge in [0.1, 0.15) is 10.6 Å². The molecule has 0 fully saturated rings. The van der Waals surface area contributed by atoms with Crippen molar-refractivity contribution in [2.75, 3.05) is 6.61 Å². The van der Waals surface area contributed by atoms with E-state index in [1.165, 1.54) is 0 Å². The fraction of sp³-hybridized carbons (Fsp3) is 0.250. The van der Waals surface area contributed by atoms with E-state index in [9.17, 15) is 21.6 Å². The van der Waals surface area contributed by atoms with Crippen LogP contribution in [-0.2, 0) is 10.1 Å². The Kier molecular flexibility index (Phi) is 3.90. The van der Waals surface area contributed by atoms with Gasteiger partial charge in [-0.3, -0.25) is 4.55 Å². The first-order valence-corrected chi connectivity index (χ1v) is 5.88. The molecule has 17 heavy (non-hydrogen) atoms. The number of alkyl halides is 3. The summed E-state index contributed by atoms with van der Waals surface area (Å²) in [5.74, 6) is -0.616. The van der Waals surface area contributed by atoms with Crippen LogP contribution >= 0.6 is 11.6 Å². The van der Waals surface area contributed by atoms with Crippen molar-refractivity contribution >= 4 is 21.7 Å². The molecule has 1 aromatic rings. The molecule has 0 aliphatic rings. The predicted molar refractivity (Wildman–Crippen MR) is 52.8 cm³/mol. The van der Waals surface area contributed by atoms with E-state index >= 15 is 0 Å². The molecular formula is C8H6ClF3O4S. The highest BCUT2D eigenvalue weighted by Gasteiger charge is 2.29. The summed E-state index contributed by atoms with van der Waals surface area (Å²) in [6.07, 6.45) is -4.61. The molecule has 0 amide bonds. The first kappa shape index (κ1) is 14.1. The molecule has 96 valence electrons. The average Bonchev–Trinajstić information content (AvgIpc) is 2.13. The average molecular weight is 291 g/mol. The molecule has 0 unspecified atom stereocenters. The fourth-order valence-corrected chi connectivity index (χ4v) is 1.86. The molecule has 9 heteroatoms. The molecular weight excluding hydrogens is 285 g/mol. The van der Waals surface area contributed by atoms with E-state index in [1.54, 1.807) is 0 Å². The van der Waals surface area contributed by atoms with Gasteiger partial charge in [-0.15, -0.1) is 0 Å². The van der Waals surface area contributed by atoms with Crippen LogP contribution in [0, 0.1) is 0 Å². The van der Waals surface area contributed by atoms with E-state index in [-0.39, 0.29) is 5.02 Å². The molecule has 0 saturated heterocycles. The van der Waals surface area contributed by atoms with Gasteiger partial charge in [0.25, 0.3) is 10.1 Å². The van der Waals surface area contributed by atoms with Gasteiger partial charge >= 0.3 is 6.18 Å². The molecule has 1 aromatic carbocycles. The van der Waals surface area contributed by atoms with Gasteiger partial charge < -0.3 is 4.74 Å². The summed E-state index contributed by atoms with van der Waals surface area (Å²) in [7, 11) is -4.70. The van der Waals surface area contributed by atoms with Gasteiger partial charge in [-0.05, 0) is 18.2 Å². The maximum absolute atomic E-state index is 11.9. The lowest BCUT2D eigenvalue weighted by atomic mass is 10.3. The zero-order chi connectivity index (χ0) is 13.3. The number of halogens is 4. The van der Waals surface area contributed by atoms with Crippen LogP contribution < -0.4 is 4.74 Å². The van der Waals surface area contributed by atoms with Crippen LogP contribution in [0.5, 0.6) is 5.75 Å². The molecule has 0 atom stereocenters. The van der Waals surface area contributed by atoms with Crippen LogP contribution in [0.1, 0.15) is 0 Å². The van der Waals surface area contributed by atoms with Gasteiger partial charge in [-0.2, -0.15) is 21.6 Å². The first-order chi connectivity index (χ1) is 7.59. The minimum atomic E-state index is -4.70. The zero-order valence-electron chi connectivity index (χ0n) is 8.03. The summed E-state index contributed by atoms with van der Waals surface area (Å²) >= 11 is 5.46. The molecule has 1 rings (SSSR count). The van der Waals surface area contributed by atoms with Crippen molar-refractivity contribution in [2.24, 2.45) is 0 Å². The number of benzene rings is 1. The summed E-state index contributed by atoms with van der Waals surface area (Å²) in [5.41, 5.74) is 0. The molecule has 0 aliphatic carbocycles. The number of ether oxygens (including phenoxy) is 1. The molecule has 0 radical (unpaired) electrons. The molecule has 0 bridgehead atoms. The van der Waals surface area contributed by atoms with E-state index in [0.717, 1.165) is 18.2 Å². The van der Waals surface area contributed by atoms with Crippen molar-refractivity contribution in [1.82, 2.24) is 0 Å². The van der Waals surface area contributed by atoms with Gasteiger partial charge in [0.05, 0.1) is 0 Å². The Morgan fingerprint density at radius 3 is 2.41 bits per heavy atom. The van der Waals surface area contributed by atoms with E-state index < -0.39 is 33.5 Å². The van der Waals surface area contributed by atoms with Gasteiger partial charge in [0, 0.05) is 5.02 Å². The van der Waals surface area contributed by atoms with Crippen LogP contribution in [-0.4, -0.2) is 25.8 Å². The third-order valence-corrected chi connectivity index (χ3v) is 2.68. The Labute approximate surface area is 99.7 Å². The van der Waals surface area contributed by atoms with Gasteiger partial charge in [0.2, 0.25) is 0 Å². The van der Waals surface area contributed by atoms with E-state index in [0.29, 0.717) is 0 Å². The van der Waals surface area contributed by atoms with Crippen LogP contribution in [0.25, 0.3) is 0 Å². The molecule has 0 spiro atoms. The second-order valence-corrected chi connectivity index (χ2v) is 4.80. The van der Waals surface area contributed by atoms with Crippen molar-refractivity contribution < 1.29 is 30.9 Å². The summed E-state index contributed by atoms with van der Waals surface area (Å²) in [5, 5.41) is -0.0583. The zero-order valence-corrected chi connectivity index (χ0v) is 9.60. The topological polar surface area (TPSA) is 63.6 Å². The Balaban J connectivity index is 3.08. The molecule has 4 nitrogen and oxygen atoms in total. The highest BCUT2D eigenvalue weighted by Crippen LogP contribution is 2.28. The molecule has 0 heterocycles. The lowest BCUT2D eigenvalue weighted by Crippen LogP contribution is -2.20. The SMILES string of the molecule is O=S(=O)(O)c1cc(Cl)ccc1OCC(F)(F)F. The Bertz CT molecular complexity index is 512. The monoisotopic (exact) mass is 290 g/mol. The maximum Gasteiger partial charge on any atom is 0.422 e. The van der Waals surface area contributed by atoms with Crippen molar-refractivity contribution in [2.45, 2.75) is 11.1 Å². The van der Waals surface area contributed by atoms with Crippen molar-refractivity contribution in [3.8, 4) is 5.75 Å². The highest BCUT2D eigenvalue weighted by atomic mass is 35.5. The van der Waals surface area contributed by atoms with Crippen LogP contribution in [0.2, 0.25) is 5.02 Å². The number of rotatable bonds is 3. The minimum Gasteiger partial charge on any atom is -0.483 e. The first-order valence-electron chi connectivity index (χ1n) is 4.06. The summed E-state index contributed by atoms with van der Waals surface area (Å²) < 4.78 is 70.4. The molecule has 0 aromatic heterocycles. The highest BCUT2D eigenvalue weighted by molar-refractivity contribution is 7.86. The van der Waals surface area contributed by atoms with Crippen LogP contribution in [0.15, 0.2) is 23.1 Å². The third kappa shape index (κ3) is 4.41. The van der Waals surface area contributed by atoms with Crippen LogP contribution in [0.4, 0.5) is 13.2 Å². The Morgan fingerprint density at radius 2 is 1.94 bits per heavy atom. The van der Waals surface area contributed by atoms with E-state index in [2.05, 4.69) is 4.74 Å². The maximum atomic E-state index is 11.9. The quantitative estimate of drug-likeness (QED) is 0.869. The van der Waals surface area contributed by atoms with Crippen molar-refractivity contribution in [3.05, 3.63) is 23.2 Å². The smallest absolute Gasteiger partial charge is 0.422 e. The standard InChI is InChI=1S/C8H6ClF3O4S/c9-5-1-2-6(16-4-8(10,11)12)7(3-5)17(13,14)15/h1-3H,4H2,(H,13,14,15). The predicted octanol–water partition coefficient (Wildman–Crippen LogP) is 2.53. The largest absolute Gasteiger partial charge is 0.483 e. The van der Waals surface area contributed by atoms with Crippen molar-refractivity contribution in [1.29, 1.82) is 0 Å². The lowest BCUT2D eigenvalue weighted by molar-refractivity contribution is -0.153. The second-order valence-electron chi connectivity index (χ2n) is 2.97. The van der Waals surface area contributed by atoms with E-state index in [4.69, 9.17) is 16.2 Å². The van der Waals surface area contributed by atoms with E-state index in [1.807, 2.05) is 0 Å². The normalized spacial score (nSPS) is 12.5. The van der Waals surface area contributed by atoms with Crippen molar-refractivity contribution in [3.63, 3.8) is 0 Å². The third-order valence-electron chi connectivity index (χ3n) is 1.58. The Hall–Kier alpha value is -0.990. The molecule has 0 aliphatic heterocycles.